The van der Waals surface area contributed by atoms with Gasteiger partial charge in [0.15, 0.2) is 0 Å². The Bertz CT molecular complexity index is 1400. The molecule has 0 saturated carbocycles. The highest BCUT2D eigenvalue weighted by Gasteiger charge is 2.46. The van der Waals surface area contributed by atoms with Gasteiger partial charge in [-0.3, -0.25) is 4.72 Å². The lowest BCUT2D eigenvalue weighted by Gasteiger charge is -2.13. The quantitative estimate of drug-likeness (QED) is 0.325. The molecule has 0 bridgehead atoms. The van der Waals surface area contributed by atoms with Gasteiger partial charge in [-0.2, -0.15) is 21.6 Å². The van der Waals surface area contributed by atoms with E-state index >= 15 is 0 Å². The first kappa shape index (κ1) is 22.6. The average molecular weight is 475 g/mol. The molecule has 4 aromatic rings. The zero-order valence-corrected chi connectivity index (χ0v) is 17.8. The molecule has 4 rings (SSSR count). The van der Waals surface area contributed by atoms with Gasteiger partial charge in [-0.1, -0.05) is 42.5 Å². The van der Waals surface area contributed by atoms with Gasteiger partial charge in [-0.05, 0) is 64.5 Å². The standard InChI is InChI=1S/C24H17F4NO3S/c25-20-9-7-17(8-10-20)18-4-1-3-16(13-18)15-32-23-6-2-5-19-14-21(11-12-22(19)23)29-33(30,31)24(26,27)28/h1-14,29H,15H2. The molecule has 0 fully saturated rings. The first-order valence-corrected chi connectivity index (χ1v) is 11.2. The summed E-state index contributed by atoms with van der Waals surface area (Å²) in [4.78, 5) is 0. The lowest BCUT2D eigenvalue weighted by Crippen LogP contribution is -2.29. The number of fused-ring (bicyclic) bond motifs is 1. The molecule has 0 aliphatic rings. The fourth-order valence-electron chi connectivity index (χ4n) is 3.30. The van der Waals surface area contributed by atoms with Crippen molar-refractivity contribution in [1.82, 2.24) is 0 Å². The molecule has 0 radical (unpaired) electrons. The molecule has 4 nitrogen and oxygen atoms in total. The van der Waals surface area contributed by atoms with Gasteiger partial charge in [0.05, 0.1) is 0 Å². The van der Waals surface area contributed by atoms with E-state index in [4.69, 9.17) is 4.74 Å². The van der Waals surface area contributed by atoms with Crippen LogP contribution < -0.4 is 9.46 Å². The molecular formula is C24H17F4NO3S. The van der Waals surface area contributed by atoms with Crippen molar-refractivity contribution in [2.45, 2.75) is 12.1 Å². The Kier molecular flexibility index (Phi) is 5.99. The molecule has 0 atom stereocenters. The van der Waals surface area contributed by atoms with Crippen molar-refractivity contribution >= 4 is 26.5 Å². The summed E-state index contributed by atoms with van der Waals surface area (Å²) in [6.07, 6.45) is 0. The average Bonchev–Trinajstić information content (AvgIpc) is 2.77. The van der Waals surface area contributed by atoms with E-state index in [0.29, 0.717) is 16.5 Å². The number of hydrogen-bond donors (Lipinski definition) is 1. The van der Waals surface area contributed by atoms with Crippen LogP contribution in [0.1, 0.15) is 5.56 Å². The molecule has 1 N–H and O–H groups in total. The van der Waals surface area contributed by atoms with Crippen molar-refractivity contribution in [2.24, 2.45) is 0 Å². The third kappa shape index (κ3) is 5.09. The number of hydrogen-bond acceptors (Lipinski definition) is 3. The minimum atomic E-state index is -5.51. The predicted molar refractivity (Wildman–Crippen MR) is 119 cm³/mol. The Labute approximate surface area is 187 Å². The Morgan fingerprint density at radius 3 is 2.27 bits per heavy atom. The summed E-state index contributed by atoms with van der Waals surface area (Å²) in [5.74, 6) is 0.175. The highest BCUT2D eigenvalue weighted by Crippen LogP contribution is 2.31. The Balaban J connectivity index is 1.54. The van der Waals surface area contributed by atoms with Gasteiger partial charge in [0.2, 0.25) is 0 Å². The second kappa shape index (κ2) is 8.74. The molecular weight excluding hydrogens is 458 g/mol. The second-order valence-electron chi connectivity index (χ2n) is 7.24. The Morgan fingerprint density at radius 1 is 0.818 bits per heavy atom. The van der Waals surface area contributed by atoms with E-state index in [1.54, 1.807) is 30.3 Å². The van der Waals surface area contributed by atoms with Crippen LogP contribution in [0.25, 0.3) is 21.9 Å². The van der Waals surface area contributed by atoms with Crippen LogP contribution in [0.4, 0.5) is 23.2 Å². The molecule has 9 heteroatoms. The summed E-state index contributed by atoms with van der Waals surface area (Å²) >= 11 is 0. The maximum Gasteiger partial charge on any atom is 0.516 e. The molecule has 33 heavy (non-hydrogen) atoms. The van der Waals surface area contributed by atoms with Crippen molar-refractivity contribution in [3.63, 3.8) is 0 Å². The number of rotatable bonds is 6. The van der Waals surface area contributed by atoms with E-state index in [1.807, 2.05) is 24.3 Å². The normalized spacial score (nSPS) is 12.0. The van der Waals surface area contributed by atoms with Crippen LogP contribution >= 0.6 is 0 Å². The summed E-state index contributed by atoms with van der Waals surface area (Å²) in [7, 11) is -5.51. The van der Waals surface area contributed by atoms with Crippen LogP contribution in [0.3, 0.4) is 0 Å². The van der Waals surface area contributed by atoms with Gasteiger partial charge in [-0.15, -0.1) is 0 Å². The maximum absolute atomic E-state index is 13.2. The Hall–Kier alpha value is -3.59. The minimum Gasteiger partial charge on any atom is -0.488 e. The van der Waals surface area contributed by atoms with Crippen LogP contribution in [0.5, 0.6) is 5.75 Å². The number of sulfonamides is 1. The summed E-state index contributed by atoms with van der Waals surface area (Å²) in [5, 5.41) is 1.12. The monoisotopic (exact) mass is 475 g/mol. The number of ether oxygens (including phenoxy) is 1. The topological polar surface area (TPSA) is 55.4 Å². The molecule has 0 aliphatic heterocycles. The van der Waals surface area contributed by atoms with Crippen molar-refractivity contribution < 1.29 is 30.7 Å². The Morgan fingerprint density at radius 2 is 1.55 bits per heavy atom. The highest BCUT2D eigenvalue weighted by molar-refractivity contribution is 7.93. The van der Waals surface area contributed by atoms with E-state index in [-0.39, 0.29) is 18.1 Å². The van der Waals surface area contributed by atoms with E-state index in [2.05, 4.69) is 0 Å². The van der Waals surface area contributed by atoms with Crippen LogP contribution in [0, 0.1) is 5.82 Å². The van der Waals surface area contributed by atoms with E-state index in [0.717, 1.165) is 16.7 Å². The van der Waals surface area contributed by atoms with Crippen LogP contribution in [-0.2, 0) is 16.6 Å². The molecule has 0 saturated heterocycles. The van der Waals surface area contributed by atoms with Crippen LogP contribution in [0.2, 0.25) is 0 Å². The first-order chi connectivity index (χ1) is 15.6. The summed E-state index contributed by atoms with van der Waals surface area (Å²) in [6, 6.07) is 22.8. The van der Waals surface area contributed by atoms with Crippen LogP contribution in [0.15, 0.2) is 84.9 Å². The van der Waals surface area contributed by atoms with Crippen molar-refractivity contribution in [2.75, 3.05) is 4.72 Å². The van der Waals surface area contributed by atoms with Gasteiger partial charge in [0.1, 0.15) is 18.2 Å². The van der Waals surface area contributed by atoms with Crippen LogP contribution in [-0.4, -0.2) is 13.9 Å². The van der Waals surface area contributed by atoms with E-state index in [9.17, 15) is 26.0 Å². The number of anilines is 1. The van der Waals surface area contributed by atoms with Crippen molar-refractivity contribution in [1.29, 1.82) is 0 Å². The molecule has 0 amide bonds. The zero-order chi connectivity index (χ0) is 23.6. The van der Waals surface area contributed by atoms with Gasteiger partial charge < -0.3 is 4.74 Å². The molecule has 0 aliphatic carbocycles. The fourth-order valence-corrected chi connectivity index (χ4v) is 3.85. The number of alkyl halides is 3. The first-order valence-electron chi connectivity index (χ1n) is 9.72. The molecule has 0 aromatic heterocycles. The summed E-state index contributed by atoms with van der Waals surface area (Å²) < 4.78 is 81.2. The zero-order valence-electron chi connectivity index (χ0n) is 16.9. The fraction of sp³-hybridized carbons (Fsp3) is 0.0833. The van der Waals surface area contributed by atoms with Crippen molar-refractivity contribution in [3.8, 4) is 16.9 Å². The molecule has 0 unspecified atom stereocenters. The molecule has 170 valence electrons. The summed E-state index contributed by atoms with van der Waals surface area (Å²) in [5.41, 5.74) is -2.99. The largest absolute Gasteiger partial charge is 0.516 e. The lowest BCUT2D eigenvalue weighted by molar-refractivity contribution is -0.0429. The molecule has 0 spiro atoms. The minimum absolute atomic E-state index is 0.205. The van der Waals surface area contributed by atoms with Gasteiger partial charge >= 0.3 is 15.5 Å². The SMILES string of the molecule is O=S(=O)(Nc1ccc2c(OCc3cccc(-c4ccc(F)cc4)c3)cccc2c1)C(F)(F)F. The lowest BCUT2D eigenvalue weighted by atomic mass is 10.0. The van der Waals surface area contributed by atoms with E-state index < -0.39 is 15.5 Å². The van der Waals surface area contributed by atoms with Gasteiger partial charge in [0, 0.05) is 11.1 Å². The van der Waals surface area contributed by atoms with Crippen molar-refractivity contribution in [3.05, 3.63) is 96.3 Å². The van der Waals surface area contributed by atoms with Gasteiger partial charge in [-0.25, -0.2) is 4.39 Å². The van der Waals surface area contributed by atoms with E-state index in [1.165, 1.54) is 35.1 Å². The number of halogens is 4. The second-order valence-corrected chi connectivity index (χ2v) is 8.91. The highest BCUT2D eigenvalue weighted by atomic mass is 32.2. The smallest absolute Gasteiger partial charge is 0.488 e. The number of benzene rings is 4. The van der Waals surface area contributed by atoms with Gasteiger partial charge in [0.25, 0.3) is 0 Å². The third-order valence-corrected chi connectivity index (χ3v) is 6.01. The predicted octanol–water partition coefficient (Wildman–Crippen LogP) is 6.49. The maximum atomic E-state index is 13.2. The number of nitrogens with one attached hydrogen (secondary N) is 1. The summed E-state index contributed by atoms with van der Waals surface area (Å²) in [6.45, 7) is 0.219. The molecule has 4 aromatic carbocycles. The molecule has 0 heterocycles. The third-order valence-electron chi connectivity index (χ3n) is 4.90.